The molecule has 1 aromatic heterocycles. The van der Waals surface area contributed by atoms with Crippen LogP contribution in [0.5, 0.6) is 0 Å². The van der Waals surface area contributed by atoms with E-state index in [-0.39, 0.29) is 0 Å². The van der Waals surface area contributed by atoms with E-state index in [0.29, 0.717) is 0 Å². The van der Waals surface area contributed by atoms with Crippen LogP contribution < -0.4 is 5.32 Å². The second-order valence-corrected chi connectivity index (χ2v) is 6.48. The van der Waals surface area contributed by atoms with Crippen LogP contribution in [0, 0.1) is 6.92 Å². The average molecular weight is 302 g/mol. The third kappa shape index (κ3) is 2.81. The minimum absolute atomic E-state index is 1.10. The fraction of sp³-hybridized carbons (Fsp3) is 0.286. The Kier molecular flexibility index (Phi) is 3.74. The highest BCUT2D eigenvalue weighted by Crippen LogP contribution is 2.34. The second kappa shape index (κ2) is 6.04. The fourth-order valence-corrected chi connectivity index (χ4v) is 3.56. The monoisotopic (exact) mass is 302 g/mol. The zero-order chi connectivity index (χ0) is 15.6. The van der Waals surface area contributed by atoms with Crippen molar-refractivity contribution in [1.82, 2.24) is 4.98 Å². The van der Waals surface area contributed by atoms with Gasteiger partial charge in [-0.25, -0.2) is 0 Å². The normalized spacial score (nSPS) is 14.3. The van der Waals surface area contributed by atoms with E-state index in [0.717, 1.165) is 24.0 Å². The minimum atomic E-state index is 1.10. The maximum absolute atomic E-state index is 4.96. The lowest BCUT2D eigenvalue weighted by molar-refractivity contribution is 0.709. The van der Waals surface area contributed by atoms with Gasteiger partial charge in [0.15, 0.2) is 0 Å². The zero-order valence-electron chi connectivity index (χ0n) is 13.6. The summed E-state index contributed by atoms with van der Waals surface area (Å²) in [6.45, 7) is 2.14. The summed E-state index contributed by atoms with van der Waals surface area (Å²) in [5, 5.41) is 4.93. The van der Waals surface area contributed by atoms with Gasteiger partial charge >= 0.3 is 0 Å². The molecule has 0 amide bonds. The Bertz CT molecular complexity index is 852. The minimum Gasteiger partial charge on any atom is -0.355 e. The van der Waals surface area contributed by atoms with Gasteiger partial charge in [-0.05, 0) is 61.9 Å². The molecule has 2 aromatic carbocycles. The molecule has 0 saturated heterocycles. The smallest absolute Gasteiger partial charge is 0.0726 e. The maximum Gasteiger partial charge on any atom is 0.0726 e. The van der Waals surface area contributed by atoms with Crippen LogP contribution in [0.3, 0.4) is 0 Å². The molecule has 1 N–H and O–H groups in total. The molecule has 1 heterocycles. The third-order valence-electron chi connectivity index (χ3n) is 4.71. The molecule has 0 saturated carbocycles. The van der Waals surface area contributed by atoms with Crippen LogP contribution in [0.4, 0.5) is 11.4 Å². The molecule has 0 spiro atoms. The van der Waals surface area contributed by atoms with Gasteiger partial charge in [0.1, 0.15) is 0 Å². The molecule has 0 aliphatic heterocycles. The summed E-state index contributed by atoms with van der Waals surface area (Å²) in [5.41, 5.74) is 7.51. The lowest BCUT2D eigenvalue weighted by Crippen LogP contribution is -2.03. The number of benzene rings is 2. The molecular weight excluding hydrogens is 280 g/mol. The predicted molar refractivity (Wildman–Crippen MR) is 97.5 cm³/mol. The van der Waals surface area contributed by atoms with Crippen molar-refractivity contribution in [1.29, 1.82) is 0 Å². The number of hydrogen-bond acceptors (Lipinski definition) is 2. The predicted octanol–water partition coefficient (Wildman–Crippen LogP) is 5.56. The molecule has 0 radical (unpaired) electrons. The van der Waals surface area contributed by atoms with Crippen LogP contribution in [0.1, 0.15) is 36.1 Å². The van der Waals surface area contributed by atoms with Crippen LogP contribution in [0.25, 0.3) is 10.9 Å². The summed E-state index contributed by atoms with van der Waals surface area (Å²) in [7, 11) is 0. The van der Waals surface area contributed by atoms with Crippen LogP contribution in [-0.4, -0.2) is 4.98 Å². The largest absolute Gasteiger partial charge is 0.355 e. The van der Waals surface area contributed by atoms with Crippen LogP contribution in [-0.2, 0) is 12.8 Å². The van der Waals surface area contributed by atoms with Crippen LogP contribution >= 0.6 is 0 Å². The first-order chi connectivity index (χ1) is 11.3. The summed E-state index contributed by atoms with van der Waals surface area (Å²) in [4.78, 5) is 4.96. The number of hydrogen-bond donors (Lipinski definition) is 1. The van der Waals surface area contributed by atoms with Crippen LogP contribution in [0.2, 0.25) is 0 Å². The number of nitrogens with one attached hydrogen (secondary N) is 1. The number of fused-ring (bicyclic) bond motifs is 2. The molecule has 0 bridgehead atoms. The van der Waals surface area contributed by atoms with E-state index in [4.69, 9.17) is 4.98 Å². The third-order valence-corrected chi connectivity index (χ3v) is 4.71. The van der Waals surface area contributed by atoms with E-state index in [1.165, 1.54) is 47.2 Å². The molecule has 116 valence electrons. The van der Waals surface area contributed by atoms with Crippen molar-refractivity contribution in [2.45, 2.75) is 39.0 Å². The van der Waals surface area contributed by atoms with Gasteiger partial charge in [0.05, 0.1) is 11.2 Å². The lowest BCUT2D eigenvalue weighted by atomic mass is 10.0. The first-order valence-electron chi connectivity index (χ1n) is 8.55. The first-order valence-corrected chi connectivity index (χ1v) is 8.55. The van der Waals surface area contributed by atoms with E-state index < -0.39 is 0 Å². The van der Waals surface area contributed by atoms with E-state index in [1.54, 1.807) is 0 Å². The van der Waals surface area contributed by atoms with Crippen molar-refractivity contribution in [3.05, 3.63) is 65.4 Å². The van der Waals surface area contributed by atoms with Crippen LogP contribution in [0.15, 0.2) is 48.5 Å². The van der Waals surface area contributed by atoms with Crippen molar-refractivity contribution in [2.75, 3.05) is 5.32 Å². The van der Waals surface area contributed by atoms with E-state index >= 15 is 0 Å². The second-order valence-electron chi connectivity index (χ2n) is 6.48. The van der Waals surface area contributed by atoms with Gasteiger partial charge in [0.2, 0.25) is 0 Å². The maximum atomic E-state index is 4.96. The number of nitrogens with zero attached hydrogens (tertiary/aromatic N) is 1. The van der Waals surface area contributed by atoms with Gasteiger partial charge in [-0.1, -0.05) is 36.8 Å². The number of para-hydroxylation sites is 1. The van der Waals surface area contributed by atoms with Gasteiger partial charge < -0.3 is 5.32 Å². The number of aryl methyl sites for hydroxylation is 2. The summed E-state index contributed by atoms with van der Waals surface area (Å²) >= 11 is 0. The molecule has 3 aromatic rings. The van der Waals surface area contributed by atoms with Crippen molar-refractivity contribution in [3.63, 3.8) is 0 Å². The number of rotatable bonds is 2. The van der Waals surface area contributed by atoms with Gasteiger partial charge in [-0.3, -0.25) is 4.98 Å². The molecule has 0 unspecified atom stereocenters. The van der Waals surface area contributed by atoms with Crippen molar-refractivity contribution in [2.24, 2.45) is 0 Å². The molecule has 0 atom stereocenters. The molecule has 0 fully saturated rings. The molecule has 2 nitrogen and oxygen atoms in total. The molecule has 1 aliphatic carbocycles. The standard InChI is InChI=1S/C21H22N2/c1-15-8-7-9-16(14-15)22-21-17-10-3-2-4-12-19(17)23-20-13-6-5-11-18(20)21/h5-9,11,13-14H,2-4,10,12H2,1H3,(H,22,23). The van der Waals surface area contributed by atoms with Gasteiger partial charge in [-0.2, -0.15) is 0 Å². The Morgan fingerprint density at radius 2 is 1.78 bits per heavy atom. The van der Waals surface area contributed by atoms with Crippen molar-refractivity contribution >= 4 is 22.3 Å². The Morgan fingerprint density at radius 3 is 2.70 bits per heavy atom. The van der Waals surface area contributed by atoms with E-state index in [1.807, 2.05) is 0 Å². The summed E-state index contributed by atoms with van der Waals surface area (Å²) in [6, 6.07) is 17.1. The average Bonchev–Trinajstić information content (AvgIpc) is 2.80. The zero-order valence-corrected chi connectivity index (χ0v) is 13.6. The fourth-order valence-electron chi connectivity index (χ4n) is 3.56. The molecule has 23 heavy (non-hydrogen) atoms. The molecule has 1 aliphatic rings. The molecular formula is C21H22N2. The topological polar surface area (TPSA) is 24.9 Å². The number of anilines is 2. The summed E-state index contributed by atoms with van der Waals surface area (Å²) in [6.07, 6.45) is 6.04. The Hall–Kier alpha value is -2.35. The van der Waals surface area contributed by atoms with Crippen molar-refractivity contribution in [3.8, 4) is 0 Å². The first kappa shape index (κ1) is 14.3. The highest BCUT2D eigenvalue weighted by Gasteiger charge is 2.17. The van der Waals surface area contributed by atoms with E-state index in [9.17, 15) is 0 Å². The molecule has 2 heteroatoms. The van der Waals surface area contributed by atoms with Gasteiger partial charge in [0, 0.05) is 16.8 Å². The van der Waals surface area contributed by atoms with E-state index in [2.05, 4.69) is 60.8 Å². The Balaban J connectivity index is 1.90. The van der Waals surface area contributed by atoms with Gasteiger partial charge in [0.25, 0.3) is 0 Å². The highest BCUT2D eigenvalue weighted by molar-refractivity contribution is 5.95. The molecule has 4 rings (SSSR count). The lowest BCUT2D eigenvalue weighted by Gasteiger charge is -2.17. The quantitative estimate of drug-likeness (QED) is 0.627. The number of pyridine rings is 1. The van der Waals surface area contributed by atoms with Crippen molar-refractivity contribution < 1.29 is 0 Å². The Labute approximate surface area is 137 Å². The highest BCUT2D eigenvalue weighted by atomic mass is 14.9. The SMILES string of the molecule is Cc1cccc(Nc2c3c(nc4ccccc24)CCCCC3)c1. The van der Waals surface area contributed by atoms with Gasteiger partial charge in [-0.15, -0.1) is 0 Å². The summed E-state index contributed by atoms with van der Waals surface area (Å²) in [5.74, 6) is 0. The number of aromatic nitrogens is 1. The summed E-state index contributed by atoms with van der Waals surface area (Å²) < 4.78 is 0. The Morgan fingerprint density at radius 1 is 0.913 bits per heavy atom.